The van der Waals surface area contributed by atoms with Crippen molar-refractivity contribution in [1.29, 1.82) is 0 Å². The van der Waals surface area contributed by atoms with E-state index in [1.165, 1.54) is 7.11 Å². The minimum absolute atomic E-state index is 0.0464. The number of esters is 1. The number of aromatic hydroxyl groups is 1. The van der Waals surface area contributed by atoms with Crippen molar-refractivity contribution in [2.45, 2.75) is 69.8 Å². The van der Waals surface area contributed by atoms with Crippen LogP contribution in [0.3, 0.4) is 0 Å². The van der Waals surface area contributed by atoms with Gasteiger partial charge in [0.05, 0.1) is 31.4 Å². The standard InChI is InChI=1S/C32H36BrNO7/c1-17-28(32(37)41-21-8-6-5-7-9-21)29(20-12-22(33)31(36)27(16-20)40-4)30-23(34-17)13-19(14-24(30)35)18-10-11-25(38-2)26(15-18)39-3/h10-12,15-16,19,21,29,34,36H,5-9,13-14H2,1-4H3/t19-,29+/m0/s1. The topological polar surface area (TPSA) is 103 Å². The van der Waals surface area contributed by atoms with Gasteiger partial charge >= 0.3 is 5.97 Å². The monoisotopic (exact) mass is 625 g/mol. The Kier molecular flexibility index (Phi) is 8.63. The second-order valence-electron chi connectivity index (χ2n) is 10.9. The lowest BCUT2D eigenvalue weighted by Gasteiger charge is -2.37. The fourth-order valence-electron chi connectivity index (χ4n) is 6.30. The van der Waals surface area contributed by atoms with E-state index in [0.717, 1.165) is 43.4 Å². The van der Waals surface area contributed by atoms with Crippen LogP contribution in [0.5, 0.6) is 23.0 Å². The number of benzene rings is 2. The van der Waals surface area contributed by atoms with Crippen molar-refractivity contribution in [1.82, 2.24) is 5.32 Å². The number of ether oxygens (including phenoxy) is 4. The fourth-order valence-corrected chi connectivity index (χ4v) is 6.76. The van der Waals surface area contributed by atoms with Crippen LogP contribution in [0.1, 0.15) is 74.8 Å². The maximum absolute atomic E-state index is 14.0. The summed E-state index contributed by atoms with van der Waals surface area (Å²) in [5.41, 5.74) is 4.02. The van der Waals surface area contributed by atoms with E-state index in [2.05, 4.69) is 21.2 Å². The third-order valence-corrected chi connectivity index (χ3v) is 8.96. The van der Waals surface area contributed by atoms with E-state index in [-0.39, 0.29) is 35.7 Å². The molecule has 2 N–H and O–H groups in total. The van der Waals surface area contributed by atoms with Crippen molar-refractivity contribution in [3.8, 4) is 23.0 Å². The van der Waals surface area contributed by atoms with Gasteiger partial charge < -0.3 is 29.4 Å². The van der Waals surface area contributed by atoms with E-state index >= 15 is 0 Å². The van der Waals surface area contributed by atoms with Crippen molar-refractivity contribution in [3.05, 3.63) is 68.5 Å². The van der Waals surface area contributed by atoms with Gasteiger partial charge in [-0.05, 0) is 96.3 Å². The minimum atomic E-state index is -0.674. The first kappa shape index (κ1) is 29.0. The van der Waals surface area contributed by atoms with Gasteiger partial charge in [-0.2, -0.15) is 0 Å². The van der Waals surface area contributed by atoms with E-state index in [4.69, 9.17) is 18.9 Å². The van der Waals surface area contributed by atoms with Gasteiger partial charge in [-0.15, -0.1) is 0 Å². The number of allylic oxidation sites excluding steroid dienone is 3. The largest absolute Gasteiger partial charge is 0.503 e. The molecule has 0 unspecified atom stereocenters. The average Bonchev–Trinajstić information content (AvgIpc) is 2.97. The fraction of sp³-hybridized carbons (Fsp3) is 0.438. The van der Waals surface area contributed by atoms with E-state index in [9.17, 15) is 14.7 Å². The van der Waals surface area contributed by atoms with Crippen LogP contribution >= 0.6 is 15.9 Å². The number of dihydropyridines is 1. The van der Waals surface area contributed by atoms with Crippen LogP contribution in [-0.4, -0.2) is 44.3 Å². The van der Waals surface area contributed by atoms with E-state index in [0.29, 0.717) is 44.8 Å². The van der Waals surface area contributed by atoms with Crippen molar-refractivity contribution < 1.29 is 33.6 Å². The summed E-state index contributed by atoms with van der Waals surface area (Å²) in [4.78, 5) is 27.8. The summed E-state index contributed by atoms with van der Waals surface area (Å²) >= 11 is 3.42. The lowest BCUT2D eigenvalue weighted by molar-refractivity contribution is -0.146. The Hall–Kier alpha value is -3.46. The van der Waals surface area contributed by atoms with Gasteiger partial charge in [-0.25, -0.2) is 4.79 Å². The van der Waals surface area contributed by atoms with Crippen LogP contribution in [0.2, 0.25) is 0 Å². The van der Waals surface area contributed by atoms with Gasteiger partial charge in [0.15, 0.2) is 28.8 Å². The molecule has 1 aliphatic heterocycles. The second-order valence-corrected chi connectivity index (χ2v) is 11.7. The highest BCUT2D eigenvalue weighted by Crippen LogP contribution is 2.49. The molecule has 0 aromatic heterocycles. The third kappa shape index (κ3) is 5.69. The molecule has 1 fully saturated rings. The summed E-state index contributed by atoms with van der Waals surface area (Å²) in [6.45, 7) is 1.85. The normalized spacial score (nSPS) is 21.2. The van der Waals surface area contributed by atoms with Gasteiger partial charge in [-0.1, -0.05) is 12.5 Å². The van der Waals surface area contributed by atoms with Gasteiger partial charge in [0.2, 0.25) is 0 Å². The lowest BCUT2D eigenvalue weighted by atomic mass is 9.71. The molecule has 9 heteroatoms. The van der Waals surface area contributed by atoms with Gasteiger partial charge in [0.1, 0.15) is 6.10 Å². The minimum Gasteiger partial charge on any atom is -0.503 e. The summed E-state index contributed by atoms with van der Waals surface area (Å²) in [6, 6.07) is 9.16. The first-order valence-electron chi connectivity index (χ1n) is 14.0. The quantitative estimate of drug-likeness (QED) is 0.340. The Labute approximate surface area is 248 Å². The zero-order valence-electron chi connectivity index (χ0n) is 23.8. The van der Waals surface area contributed by atoms with Crippen LogP contribution in [0.4, 0.5) is 0 Å². The SMILES string of the molecule is COc1ccc([C@@H]2CC(=O)C3=C(C2)NC(C)=C(C(=O)OC2CCCCC2)[C@H]3c2cc(Br)c(O)c(OC)c2)cc1OC. The molecule has 2 aromatic carbocycles. The number of Topliss-reactive ketones (excluding diaryl/α,β-unsaturated/α-hetero) is 1. The summed E-state index contributed by atoms with van der Waals surface area (Å²) < 4.78 is 22.8. The summed E-state index contributed by atoms with van der Waals surface area (Å²) in [5.74, 6) is 0.205. The summed E-state index contributed by atoms with van der Waals surface area (Å²) in [6.07, 6.45) is 5.61. The van der Waals surface area contributed by atoms with Crippen molar-refractivity contribution in [2.75, 3.05) is 21.3 Å². The zero-order valence-corrected chi connectivity index (χ0v) is 25.4. The van der Waals surface area contributed by atoms with Gasteiger partial charge in [0.25, 0.3) is 0 Å². The molecular formula is C32H36BrNO7. The molecule has 1 heterocycles. The Bertz CT molecular complexity index is 1420. The molecule has 218 valence electrons. The molecule has 0 bridgehead atoms. The number of phenols is 1. The number of phenolic OH excluding ortho intramolecular Hbond substituents is 1. The molecular weight excluding hydrogens is 590 g/mol. The number of methoxy groups -OCH3 is 3. The van der Waals surface area contributed by atoms with E-state index < -0.39 is 11.9 Å². The van der Waals surface area contributed by atoms with Gasteiger partial charge in [0, 0.05) is 29.3 Å². The van der Waals surface area contributed by atoms with E-state index in [1.54, 1.807) is 26.4 Å². The lowest BCUT2D eigenvalue weighted by Crippen LogP contribution is -2.37. The number of hydrogen-bond acceptors (Lipinski definition) is 8. The zero-order chi connectivity index (χ0) is 29.3. The van der Waals surface area contributed by atoms with Crippen molar-refractivity contribution >= 4 is 27.7 Å². The maximum atomic E-state index is 14.0. The molecule has 2 aliphatic carbocycles. The molecule has 0 saturated heterocycles. The van der Waals surface area contributed by atoms with Crippen LogP contribution in [0.15, 0.2) is 57.3 Å². The smallest absolute Gasteiger partial charge is 0.337 e. The Morgan fingerprint density at radius 2 is 1.61 bits per heavy atom. The number of carbonyl (C=O) groups is 2. The number of rotatable bonds is 7. The summed E-state index contributed by atoms with van der Waals surface area (Å²) in [7, 11) is 4.65. The van der Waals surface area contributed by atoms with Crippen LogP contribution in [-0.2, 0) is 14.3 Å². The Morgan fingerprint density at radius 3 is 2.29 bits per heavy atom. The number of halogens is 1. The molecule has 8 nitrogen and oxygen atoms in total. The molecule has 0 spiro atoms. The molecule has 0 amide bonds. The predicted molar refractivity (Wildman–Crippen MR) is 157 cm³/mol. The first-order chi connectivity index (χ1) is 19.7. The number of ketones is 1. The van der Waals surface area contributed by atoms with E-state index in [1.807, 2.05) is 25.1 Å². The molecule has 2 aromatic rings. The Morgan fingerprint density at radius 1 is 0.927 bits per heavy atom. The molecule has 5 rings (SSSR count). The Balaban J connectivity index is 1.57. The number of hydrogen-bond donors (Lipinski definition) is 2. The predicted octanol–water partition coefficient (Wildman–Crippen LogP) is 6.42. The first-order valence-corrected chi connectivity index (χ1v) is 14.8. The van der Waals surface area contributed by atoms with Crippen LogP contribution < -0.4 is 19.5 Å². The van der Waals surface area contributed by atoms with Crippen LogP contribution in [0.25, 0.3) is 0 Å². The highest BCUT2D eigenvalue weighted by Gasteiger charge is 2.42. The highest BCUT2D eigenvalue weighted by atomic mass is 79.9. The molecule has 3 aliphatic rings. The molecule has 1 saturated carbocycles. The molecule has 2 atom stereocenters. The number of carbonyl (C=O) groups excluding carboxylic acids is 2. The molecule has 41 heavy (non-hydrogen) atoms. The highest BCUT2D eigenvalue weighted by molar-refractivity contribution is 9.10. The van der Waals surface area contributed by atoms with Crippen LogP contribution in [0, 0.1) is 0 Å². The molecule has 0 radical (unpaired) electrons. The second kappa shape index (κ2) is 12.2. The van der Waals surface area contributed by atoms with Gasteiger partial charge in [-0.3, -0.25) is 4.79 Å². The number of nitrogens with one attached hydrogen (secondary N) is 1. The average molecular weight is 627 g/mol. The van der Waals surface area contributed by atoms with Crippen molar-refractivity contribution in [3.63, 3.8) is 0 Å². The maximum Gasteiger partial charge on any atom is 0.337 e. The van der Waals surface area contributed by atoms with Crippen molar-refractivity contribution in [2.24, 2.45) is 0 Å². The summed E-state index contributed by atoms with van der Waals surface area (Å²) in [5, 5.41) is 13.9. The third-order valence-electron chi connectivity index (χ3n) is 8.36.